The predicted octanol–water partition coefficient (Wildman–Crippen LogP) is 4.69. The second-order valence-corrected chi connectivity index (χ2v) is 8.43. The van der Waals surface area contributed by atoms with E-state index in [-0.39, 0.29) is 23.8 Å². The number of fused-ring (bicyclic) bond motifs is 1. The van der Waals surface area contributed by atoms with E-state index in [1.165, 1.54) is 0 Å². The molecule has 2 aromatic carbocycles. The molecule has 1 fully saturated rings. The minimum atomic E-state index is -5.11. The molecule has 0 spiro atoms. The summed E-state index contributed by atoms with van der Waals surface area (Å²) in [5.74, 6) is -2.38. The van der Waals surface area contributed by atoms with Gasteiger partial charge in [0.25, 0.3) is 0 Å². The molecule has 6 nitrogen and oxygen atoms in total. The van der Waals surface area contributed by atoms with E-state index in [1.807, 2.05) is 0 Å². The first-order valence-electron chi connectivity index (χ1n) is 10.4. The molecule has 188 valence electrons. The second kappa shape index (κ2) is 8.45. The first-order chi connectivity index (χ1) is 16.2. The van der Waals surface area contributed by atoms with Crippen LogP contribution in [0.25, 0.3) is 22.3 Å². The first kappa shape index (κ1) is 24.9. The lowest BCUT2D eigenvalue weighted by Gasteiger charge is -2.24. The summed E-state index contributed by atoms with van der Waals surface area (Å²) in [6.07, 6.45) is -9.83. The normalized spacial score (nSPS) is 19.5. The minimum Gasteiger partial charge on any atom is -0.507 e. The summed E-state index contributed by atoms with van der Waals surface area (Å²) in [6, 6.07) is 1.86. The number of hydrogen-bond acceptors (Lipinski definition) is 6. The van der Waals surface area contributed by atoms with Crippen LogP contribution in [-0.4, -0.2) is 46.5 Å². The highest BCUT2D eigenvalue weighted by atomic mass is 19.4. The van der Waals surface area contributed by atoms with Gasteiger partial charge in [-0.3, -0.25) is 4.79 Å². The van der Waals surface area contributed by atoms with Gasteiger partial charge in [-0.25, -0.2) is 0 Å². The molecule has 0 saturated carbocycles. The molecular weight excluding hydrogens is 484 g/mol. The lowest BCUT2D eigenvalue weighted by atomic mass is 9.89. The number of rotatable bonds is 3. The van der Waals surface area contributed by atoms with Gasteiger partial charge < -0.3 is 24.6 Å². The van der Waals surface area contributed by atoms with Gasteiger partial charge in [-0.05, 0) is 38.2 Å². The number of hydrogen-bond donors (Lipinski definition) is 3. The maximum absolute atomic E-state index is 13.3. The van der Waals surface area contributed by atoms with Crippen molar-refractivity contribution in [3.8, 4) is 22.8 Å². The largest absolute Gasteiger partial charge is 0.507 e. The lowest BCUT2D eigenvalue weighted by Crippen LogP contribution is -2.32. The molecule has 2 atom stereocenters. The Kier molecular flexibility index (Phi) is 6.00. The molecule has 0 amide bonds. The molecule has 1 aromatic heterocycles. The highest BCUT2D eigenvalue weighted by Gasteiger charge is 2.38. The van der Waals surface area contributed by atoms with Crippen molar-refractivity contribution in [2.24, 2.45) is 0 Å². The van der Waals surface area contributed by atoms with Gasteiger partial charge in [-0.1, -0.05) is 0 Å². The quantitative estimate of drug-likeness (QED) is 0.449. The van der Waals surface area contributed by atoms with Crippen LogP contribution in [0.5, 0.6) is 11.5 Å². The number of alkyl halides is 6. The van der Waals surface area contributed by atoms with Gasteiger partial charge in [0.2, 0.25) is 0 Å². The van der Waals surface area contributed by atoms with E-state index in [0.717, 1.165) is 6.07 Å². The molecule has 35 heavy (non-hydrogen) atoms. The van der Waals surface area contributed by atoms with Gasteiger partial charge >= 0.3 is 12.4 Å². The van der Waals surface area contributed by atoms with Crippen LogP contribution in [0.3, 0.4) is 0 Å². The van der Waals surface area contributed by atoms with E-state index in [1.54, 1.807) is 11.9 Å². The standard InChI is InChI=1S/C23H19F6NO5/c1-30-3-2-13(14(30)9-31)19-15(32)7-16(33)20-17(34)8-18(35-21(19)20)10-4-11(22(24,25)26)6-12(5-10)23(27,28)29/h4-8,13-14,31-33H,2-3,9H2,1H3/t13?,14-/m1/s1. The Morgan fingerprint density at radius 2 is 1.57 bits per heavy atom. The van der Waals surface area contributed by atoms with Gasteiger partial charge in [-0.15, -0.1) is 0 Å². The van der Waals surface area contributed by atoms with Crippen molar-refractivity contribution in [1.29, 1.82) is 0 Å². The number of halogens is 6. The number of nitrogens with zero attached hydrogens (tertiary/aromatic N) is 1. The summed E-state index contributed by atoms with van der Waals surface area (Å²) in [5, 5.41) is 30.3. The molecule has 0 bridgehead atoms. The third kappa shape index (κ3) is 4.43. The number of aromatic hydroxyl groups is 2. The number of aliphatic hydroxyl groups is 1. The van der Waals surface area contributed by atoms with Crippen LogP contribution in [0.4, 0.5) is 26.3 Å². The van der Waals surface area contributed by atoms with Crippen molar-refractivity contribution in [2.75, 3.05) is 20.2 Å². The molecule has 3 aromatic rings. The van der Waals surface area contributed by atoms with Gasteiger partial charge in [0, 0.05) is 35.2 Å². The topological polar surface area (TPSA) is 94.1 Å². The molecule has 1 saturated heterocycles. The predicted molar refractivity (Wildman–Crippen MR) is 112 cm³/mol. The number of phenols is 2. The van der Waals surface area contributed by atoms with E-state index in [4.69, 9.17) is 4.42 Å². The van der Waals surface area contributed by atoms with E-state index in [2.05, 4.69) is 0 Å². The fraction of sp³-hybridized carbons (Fsp3) is 0.348. The Bertz CT molecular complexity index is 1320. The molecule has 2 heterocycles. The first-order valence-corrected chi connectivity index (χ1v) is 10.4. The van der Waals surface area contributed by atoms with E-state index >= 15 is 0 Å². The highest BCUT2D eigenvalue weighted by molar-refractivity contribution is 5.89. The van der Waals surface area contributed by atoms with Crippen LogP contribution in [0, 0.1) is 0 Å². The fourth-order valence-electron chi connectivity index (χ4n) is 4.53. The summed E-state index contributed by atoms with van der Waals surface area (Å²) in [4.78, 5) is 14.6. The van der Waals surface area contributed by atoms with Crippen LogP contribution in [0.15, 0.2) is 39.5 Å². The Morgan fingerprint density at radius 3 is 2.11 bits per heavy atom. The number of likely N-dealkylation sites (tertiary alicyclic amines) is 1. The summed E-state index contributed by atoms with van der Waals surface area (Å²) in [5.41, 5.74) is -5.15. The summed E-state index contributed by atoms with van der Waals surface area (Å²) < 4.78 is 85.6. The third-order valence-electron chi connectivity index (χ3n) is 6.25. The van der Waals surface area contributed by atoms with E-state index in [9.17, 15) is 46.5 Å². The van der Waals surface area contributed by atoms with Crippen molar-refractivity contribution in [3.05, 3.63) is 57.2 Å². The van der Waals surface area contributed by atoms with Gasteiger partial charge in [0.15, 0.2) is 5.43 Å². The number of likely N-dealkylation sites (N-methyl/N-ethyl adjacent to an activating group) is 1. The smallest absolute Gasteiger partial charge is 0.416 e. The average Bonchev–Trinajstić information content (AvgIpc) is 3.11. The van der Waals surface area contributed by atoms with Crippen LogP contribution in [0.2, 0.25) is 0 Å². The second-order valence-electron chi connectivity index (χ2n) is 8.43. The summed E-state index contributed by atoms with van der Waals surface area (Å²) >= 11 is 0. The van der Waals surface area contributed by atoms with Crippen molar-refractivity contribution in [3.63, 3.8) is 0 Å². The molecule has 4 rings (SSSR count). The number of aliphatic hydroxyl groups excluding tert-OH is 1. The van der Waals surface area contributed by atoms with Crippen molar-refractivity contribution in [2.45, 2.75) is 30.7 Å². The van der Waals surface area contributed by atoms with E-state index in [0.29, 0.717) is 31.2 Å². The maximum atomic E-state index is 13.3. The molecule has 12 heteroatoms. The third-order valence-corrected chi connectivity index (χ3v) is 6.25. The number of phenolic OH excluding ortho intramolecular Hbond substituents is 2. The molecule has 3 N–H and O–H groups in total. The molecule has 1 unspecified atom stereocenters. The van der Waals surface area contributed by atoms with Crippen molar-refractivity contribution >= 4 is 11.0 Å². The fourth-order valence-corrected chi connectivity index (χ4v) is 4.53. The van der Waals surface area contributed by atoms with Crippen LogP contribution in [-0.2, 0) is 12.4 Å². The van der Waals surface area contributed by atoms with Gasteiger partial charge in [0.1, 0.15) is 28.2 Å². The lowest BCUT2D eigenvalue weighted by molar-refractivity contribution is -0.143. The zero-order valence-corrected chi connectivity index (χ0v) is 18.0. The summed E-state index contributed by atoms with van der Waals surface area (Å²) in [6.45, 7) is 0.152. The number of benzene rings is 2. The van der Waals surface area contributed by atoms with Crippen LogP contribution < -0.4 is 5.43 Å². The monoisotopic (exact) mass is 503 g/mol. The van der Waals surface area contributed by atoms with Crippen molar-refractivity contribution in [1.82, 2.24) is 4.90 Å². The maximum Gasteiger partial charge on any atom is 0.416 e. The zero-order chi connectivity index (χ0) is 25.9. The zero-order valence-electron chi connectivity index (χ0n) is 18.0. The van der Waals surface area contributed by atoms with E-state index < -0.39 is 69.1 Å². The Balaban J connectivity index is 2.02. The van der Waals surface area contributed by atoms with Crippen LogP contribution in [0.1, 0.15) is 29.0 Å². The molecular formula is C23H19F6NO5. The molecule has 0 aliphatic carbocycles. The van der Waals surface area contributed by atoms with Crippen LogP contribution >= 0.6 is 0 Å². The Morgan fingerprint density at radius 1 is 0.971 bits per heavy atom. The Labute approximate surface area is 193 Å². The molecule has 1 aliphatic heterocycles. The molecule has 0 radical (unpaired) electrons. The minimum absolute atomic E-state index is 0.0168. The highest BCUT2D eigenvalue weighted by Crippen LogP contribution is 2.45. The average molecular weight is 503 g/mol. The van der Waals surface area contributed by atoms with Crippen molar-refractivity contribution < 1.29 is 46.1 Å². The van der Waals surface area contributed by atoms with Gasteiger partial charge in [0.05, 0.1) is 17.7 Å². The SMILES string of the molecule is CN1CCC(c2c(O)cc(O)c3c(=O)cc(-c4cc(C(F)(F)F)cc(C(F)(F)F)c4)oc23)[C@H]1CO. The Hall–Kier alpha value is -3.25. The van der Waals surface area contributed by atoms with Gasteiger partial charge in [-0.2, -0.15) is 26.3 Å². The molecule has 1 aliphatic rings. The summed E-state index contributed by atoms with van der Waals surface area (Å²) in [7, 11) is 1.71.